The number of anilines is 2. The van der Waals surface area contributed by atoms with Gasteiger partial charge in [0.2, 0.25) is 11.8 Å². The predicted molar refractivity (Wildman–Crippen MR) is 121 cm³/mol. The molecule has 0 heterocycles. The zero-order valence-electron chi connectivity index (χ0n) is 17.1. The van der Waals surface area contributed by atoms with Crippen LogP contribution < -0.4 is 10.2 Å². The molecule has 0 aliphatic heterocycles. The van der Waals surface area contributed by atoms with E-state index in [2.05, 4.69) is 29.6 Å². The summed E-state index contributed by atoms with van der Waals surface area (Å²) in [5.74, 6) is 0.0173. The summed E-state index contributed by atoms with van der Waals surface area (Å²) in [6, 6.07) is 28.1. The first-order valence-corrected chi connectivity index (χ1v) is 10.4. The smallest absolute Gasteiger partial charge is 0.225 e. The second kappa shape index (κ2) is 8.95. The maximum Gasteiger partial charge on any atom is 0.225 e. The van der Waals surface area contributed by atoms with Crippen LogP contribution in [0.5, 0.6) is 0 Å². The number of amides is 2. The molecule has 0 bridgehead atoms. The minimum Gasteiger partial charge on any atom is -0.326 e. The topological polar surface area (TPSA) is 49.4 Å². The maximum atomic E-state index is 12.8. The Hall–Kier alpha value is -3.40. The summed E-state index contributed by atoms with van der Waals surface area (Å²) >= 11 is 0. The Labute approximate surface area is 177 Å². The highest BCUT2D eigenvalue weighted by Crippen LogP contribution is 2.32. The van der Waals surface area contributed by atoms with Crippen LogP contribution in [0.4, 0.5) is 11.4 Å². The largest absolute Gasteiger partial charge is 0.326 e. The molecule has 1 aliphatic rings. The third-order valence-corrected chi connectivity index (χ3v) is 5.47. The lowest BCUT2D eigenvalue weighted by atomic mass is 9.88. The van der Waals surface area contributed by atoms with E-state index in [9.17, 15) is 9.59 Å². The number of hydrogen-bond donors (Lipinski definition) is 1. The molecule has 152 valence electrons. The van der Waals surface area contributed by atoms with Gasteiger partial charge in [0.1, 0.15) is 0 Å². The molecule has 4 heteroatoms. The van der Waals surface area contributed by atoms with E-state index in [1.54, 1.807) is 6.92 Å². The van der Waals surface area contributed by atoms with E-state index in [0.717, 1.165) is 35.3 Å². The van der Waals surface area contributed by atoms with Gasteiger partial charge < -0.3 is 10.2 Å². The van der Waals surface area contributed by atoms with Crippen molar-refractivity contribution in [1.29, 1.82) is 0 Å². The molecule has 0 aromatic heterocycles. The Balaban J connectivity index is 1.46. The highest BCUT2D eigenvalue weighted by atomic mass is 16.2. The zero-order chi connectivity index (χ0) is 20.9. The fourth-order valence-corrected chi connectivity index (χ4v) is 3.88. The van der Waals surface area contributed by atoms with Crippen molar-refractivity contribution in [3.05, 3.63) is 96.1 Å². The minimum atomic E-state index is -0.0360. The molecule has 3 aromatic carbocycles. The van der Waals surface area contributed by atoms with Crippen molar-refractivity contribution < 1.29 is 9.59 Å². The molecule has 1 fully saturated rings. The fraction of sp³-hybridized carbons (Fsp3) is 0.231. The van der Waals surface area contributed by atoms with Crippen LogP contribution in [0.2, 0.25) is 0 Å². The van der Waals surface area contributed by atoms with Crippen LogP contribution in [-0.2, 0) is 9.59 Å². The minimum absolute atomic E-state index is 0.00487. The van der Waals surface area contributed by atoms with Crippen molar-refractivity contribution in [2.45, 2.75) is 38.1 Å². The Morgan fingerprint density at radius 2 is 1.40 bits per heavy atom. The molecule has 1 N–H and O–H groups in total. The van der Waals surface area contributed by atoms with Gasteiger partial charge in [-0.25, -0.2) is 0 Å². The lowest BCUT2D eigenvalue weighted by molar-refractivity contribution is -0.117. The lowest BCUT2D eigenvalue weighted by Gasteiger charge is -2.21. The molecular weight excluding hydrogens is 372 g/mol. The first-order chi connectivity index (χ1) is 14.6. The molecule has 1 saturated carbocycles. The number of hydrogen-bond acceptors (Lipinski definition) is 2. The quantitative estimate of drug-likeness (QED) is 0.582. The molecule has 4 nitrogen and oxygen atoms in total. The average molecular weight is 399 g/mol. The van der Waals surface area contributed by atoms with Crippen LogP contribution >= 0.6 is 0 Å². The van der Waals surface area contributed by atoms with Crippen molar-refractivity contribution in [2.24, 2.45) is 0 Å². The third-order valence-electron chi connectivity index (χ3n) is 5.47. The summed E-state index contributed by atoms with van der Waals surface area (Å²) in [7, 11) is 0. The number of benzene rings is 3. The molecule has 2 amide bonds. The average Bonchev–Trinajstić information content (AvgIpc) is 3.59. The van der Waals surface area contributed by atoms with E-state index in [1.807, 2.05) is 65.6 Å². The Morgan fingerprint density at radius 1 is 0.867 bits per heavy atom. The van der Waals surface area contributed by atoms with Gasteiger partial charge in [0.05, 0.1) is 0 Å². The van der Waals surface area contributed by atoms with Gasteiger partial charge in [-0.05, 0) is 48.2 Å². The predicted octanol–water partition coefficient (Wildman–Crippen LogP) is 5.36. The molecule has 30 heavy (non-hydrogen) atoms. The highest BCUT2D eigenvalue weighted by molar-refractivity contribution is 5.94. The van der Waals surface area contributed by atoms with Crippen LogP contribution in [0.15, 0.2) is 84.9 Å². The van der Waals surface area contributed by atoms with Gasteiger partial charge in [-0.2, -0.15) is 0 Å². The van der Waals surface area contributed by atoms with Gasteiger partial charge in [-0.3, -0.25) is 9.59 Å². The first-order valence-electron chi connectivity index (χ1n) is 10.4. The van der Waals surface area contributed by atoms with Crippen molar-refractivity contribution in [3.63, 3.8) is 0 Å². The van der Waals surface area contributed by atoms with Crippen molar-refractivity contribution in [2.75, 3.05) is 10.2 Å². The standard InChI is InChI=1S/C26H26N2O2/c1-19(29)28(24-16-17-24)23-14-12-22(13-15-23)27-26(30)18-25(20-8-4-2-5-9-20)21-10-6-3-7-11-21/h2-15,24-25H,16-18H2,1H3,(H,27,30). The molecule has 0 atom stereocenters. The number of carbonyl (C=O) groups is 2. The molecule has 1 aliphatic carbocycles. The van der Waals surface area contributed by atoms with Gasteiger partial charge in [0, 0.05) is 36.7 Å². The summed E-state index contributed by atoms with van der Waals surface area (Å²) in [6.45, 7) is 1.60. The SMILES string of the molecule is CC(=O)N(c1ccc(NC(=O)CC(c2ccccc2)c2ccccc2)cc1)C1CC1. The summed E-state index contributed by atoms with van der Waals surface area (Å²) in [5, 5.41) is 3.01. The van der Waals surface area contributed by atoms with Crippen LogP contribution in [0.3, 0.4) is 0 Å². The zero-order valence-corrected chi connectivity index (χ0v) is 17.1. The van der Waals surface area contributed by atoms with E-state index in [1.165, 1.54) is 0 Å². The number of rotatable bonds is 7. The maximum absolute atomic E-state index is 12.8. The van der Waals surface area contributed by atoms with E-state index in [4.69, 9.17) is 0 Å². The van der Waals surface area contributed by atoms with E-state index in [-0.39, 0.29) is 17.7 Å². The third kappa shape index (κ3) is 4.77. The second-order valence-corrected chi connectivity index (χ2v) is 7.79. The van der Waals surface area contributed by atoms with Crippen LogP contribution in [0.25, 0.3) is 0 Å². The van der Waals surface area contributed by atoms with Crippen molar-refractivity contribution >= 4 is 23.2 Å². The number of nitrogens with zero attached hydrogens (tertiary/aromatic N) is 1. The number of carbonyl (C=O) groups excluding carboxylic acids is 2. The summed E-state index contributed by atoms with van der Waals surface area (Å²) in [6.07, 6.45) is 2.47. The van der Waals surface area contributed by atoms with E-state index < -0.39 is 0 Å². The van der Waals surface area contributed by atoms with Crippen molar-refractivity contribution in [1.82, 2.24) is 0 Å². The van der Waals surface area contributed by atoms with Gasteiger partial charge in [-0.1, -0.05) is 60.7 Å². The van der Waals surface area contributed by atoms with Gasteiger partial charge in [0.15, 0.2) is 0 Å². The Morgan fingerprint density at radius 3 is 1.87 bits per heavy atom. The molecule has 0 radical (unpaired) electrons. The highest BCUT2D eigenvalue weighted by Gasteiger charge is 2.31. The molecular formula is C26H26N2O2. The Kier molecular flexibility index (Phi) is 5.94. The van der Waals surface area contributed by atoms with E-state index >= 15 is 0 Å². The van der Waals surface area contributed by atoms with E-state index in [0.29, 0.717) is 12.5 Å². The molecule has 4 rings (SSSR count). The van der Waals surface area contributed by atoms with Crippen molar-refractivity contribution in [3.8, 4) is 0 Å². The molecule has 0 saturated heterocycles. The van der Waals surface area contributed by atoms with Crippen LogP contribution in [-0.4, -0.2) is 17.9 Å². The molecule has 3 aromatic rings. The normalized spacial score (nSPS) is 13.1. The monoisotopic (exact) mass is 398 g/mol. The second-order valence-electron chi connectivity index (χ2n) is 7.79. The van der Waals surface area contributed by atoms with Gasteiger partial charge in [0.25, 0.3) is 0 Å². The first kappa shape index (κ1) is 19.9. The molecule has 0 unspecified atom stereocenters. The molecule has 0 spiro atoms. The summed E-state index contributed by atoms with van der Waals surface area (Å²) < 4.78 is 0. The summed E-state index contributed by atoms with van der Waals surface area (Å²) in [5.41, 5.74) is 3.86. The lowest BCUT2D eigenvalue weighted by Crippen LogP contribution is -2.30. The fourth-order valence-electron chi connectivity index (χ4n) is 3.88. The Bertz CT molecular complexity index is 957. The van der Waals surface area contributed by atoms with Crippen LogP contribution in [0, 0.1) is 0 Å². The van der Waals surface area contributed by atoms with Gasteiger partial charge in [-0.15, -0.1) is 0 Å². The van der Waals surface area contributed by atoms with Crippen LogP contribution in [0.1, 0.15) is 43.2 Å². The van der Waals surface area contributed by atoms with Gasteiger partial charge >= 0.3 is 0 Å². The number of nitrogens with one attached hydrogen (secondary N) is 1. The summed E-state index contributed by atoms with van der Waals surface area (Å²) in [4.78, 5) is 26.6.